The number of morpholine rings is 1. The van der Waals surface area contributed by atoms with Gasteiger partial charge in [0.15, 0.2) is 5.65 Å². The number of ether oxygens (including phenoxy) is 1. The first-order valence-electron chi connectivity index (χ1n) is 12.0. The van der Waals surface area contributed by atoms with Gasteiger partial charge in [0.05, 0.1) is 41.9 Å². The molecule has 1 saturated heterocycles. The van der Waals surface area contributed by atoms with Crippen LogP contribution in [0, 0.1) is 12.7 Å². The third kappa shape index (κ3) is 4.83. The first-order chi connectivity index (χ1) is 17.6. The molecule has 37 heavy (non-hydrogen) atoms. The van der Waals surface area contributed by atoms with E-state index in [1.165, 1.54) is 23.1 Å². The molecule has 0 aliphatic carbocycles. The van der Waals surface area contributed by atoms with Crippen molar-refractivity contribution in [1.82, 2.24) is 19.2 Å². The predicted octanol–water partition coefficient (Wildman–Crippen LogP) is 4.64. The van der Waals surface area contributed by atoms with Gasteiger partial charge in [0.25, 0.3) is 5.91 Å². The maximum Gasteiger partial charge on any atom is 0.258 e. The standard InChI is InChI=1S/C26H29F2N6O2P/c1-16-10-20(27)21(31-24(35)18-13-30-34(15-18)26(2,3)25(28)37)12-19(16)17-11-22(32-6-8-36-9-7-32)23-29-4-5-33(23)14-17/h4-5,10-15,25H,6-9,37H2,1-3H3,(H,31,35). The number of aromatic nitrogens is 4. The van der Waals surface area contributed by atoms with Crippen molar-refractivity contribution < 1.29 is 18.3 Å². The number of aryl methyl sites for hydroxylation is 1. The lowest BCUT2D eigenvalue weighted by atomic mass is 10.00. The third-order valence-corrected chi connectivity index (χ3v) is 7.62. The Labute approximate surface area is 215 Å². The molecule has 1 amide bonds. The number of hydrogen-bond acceptors (Lipinski definition) is 5. The van der Waals surface area contributed by atoms with E-state index in [1.807, 2.05) is 29.8 Å². The van der Waals surface area contributed by atoms with Crippen LogP contribution in [0.2, 0.25) is 0 Å². The van der Waals surface area contributed by atoms with Gasteiger partial charge in [0.2, 0.25) is 0 Å². The Morgan fingerprint density at radius 2 is 1.97 bits per heavy atom. The van der Waals surface area contributed by atoms with E-state index < -0.39 is 23.2 Å². The zero-order chi connectivity index (χ0) is 26.3. The number of nitrogens with one attached hydrogen (secondary N) is 1. The van der Waals surface area contributed by atoms with Gasteiger partial charge in [-0.3, -0.25) is 9.48 Å². The molecule has 0 spiro atoms. The van der Waals surface area contributed by atoms with Crippen molar-refractivity contribution in [2.75, 3.05) is 36.5 Å². The second-order valence-corrected chi connectivity index (χ2v) is 10.3. The highest BCUT2D eigenvalue weighted by molar-refractivity contribution is 7.17. The summed E-state index contributed by atoms with van der Waals surface area (Å²) in [5.74, 6) is -2.35. The van der Waals surface area contributed by atoms with Crippen LogP contribution in [-0.2, 0) is 10.3 Å². The van der Waals surface area contributed by atoms with Crippen molar-refractivity contribution in [3.63, 3.8) is 0 Å². The Morgan fingerprint density at radius 3 is 2.70 bits per heavy atom. The summed E-state index contributed by atoms with van der Waals surface area (Å²) in [6, 6.07) is 5.09. The highest BCUT2D eigenvalue weighted by Crippen LogP contribution is 2.34. The Balaban J connectivity index is 1.48. The van der Waals surface area contributed by atoms with Crippen LogP contribution < -0.4 is 10.2 Å². The topological polar surface area (TPSA) is 76.7 Å². The number of fused-ring (bicyclic) bond motifs is 1. The van der Waals surface area contributed by atoms with Crippen LogP contribution in [-0.4, -0.2) is 57.3 Å². The molecule has 194 valence electrons. The molecule has 5 rings (SSSR count). The summed E-state index contributed by atoms with van der Waals surface area (Å²) in [5, 5.41) is 6.79. The summed E-state index contributed by atoms with van der Waals surface area (Å²) in [7, 11) is 2.10. The number of anilines is 2. The number of rotatable bonds is 6. The molecule has 1 aliphatic rings. The second kappa shape index (κ2) is 9.84. The van der Waals surface area contributed by atoms with Crippen molar-refractivity contribution >= 4 is 32.2 Å². The quantitative estimate of drug-likeness (QED) is 0.371. The zero-order valence-corrected chi connectivity index (χ0v) is 22.1. The van der Waals surface area contributed by atoms with Gasteiger partial charge in [0, 0.05) is 43.4 Å². The summed E-state index contributed by atoms with van der Waals surface area (Å²) in [4.78, 5) is 19.7. The molecule has 0 bridgehead atoms. The number of pyridine rings is 1. The molecule has 0 radical (unpaired) electrons. The molecule has 4 heterocycles. The number of benzene rings is 1. The highest BCUT2D eigenvalue weighted by atomic mass is 31.0. The predicted molar refractivity (Wildman–Crippen MR) is 142 cm³/mol. The molecule has 1 N–H and O–H groups in total. The number of carbonyl (C=O) groups excluding carboxylic acids is 1. The molecule has 1 aromatic carbocycles. The SMILES string of the molecule is Cc1cc(F)c(NC(=O)c2cnn(C(C)(C)C(F)P)c2)cc1-c1cc(N2CCOCC2)c2nccn2c1. The van der Waals surface area contributed by atoms with Crippen molar-refractivity contribution in [3.8, 4) is 11.1 Å². The summed E-state index contributed by atoms with van der Waals surface area (Å²) in [6.45, 7) is 7.96. The highest BCUT2D eigenvalue weighted by Gasteiger charge is 2.29. The van der Waals surface area contributed by atoms with E-state index in [1.54, 1.807) is 26.1 Å². The van der Waals surface area contributed by atoms with E-state index in [-0.39, 0.29) is 11.3 Å². The Morgan fingerprint density at radius 1 is 1.22 bits per heavy atom. The lowest BCUT2D eigenvalue weighted by Crippen LogP contribution is -2.36. The van der Waals surface area contributed by atoms with E-state index in [2.05, 4.69) is 29.5 Å². The minimum absolute atomic E-state index is 0.0469. The second-order valence-electron chi connectivity index (χ2n) is 9.70. The normalized spacial score (nSPS) is 15.2. The van der Waals surface area contributed by atoms with Crippen LogP contribution in [0.3, 0.4) is 0 Å². The zero-order valence-electron chi connectivity index (χ0n) is 20.9. The Kier molecular flexibility index (Phi) is 6.72. The summed E-state index contributed by atoms with van der Waals surface area (Å²) < 4.78 is 37.8. The Bertz CT molecular complexity index is 1460. The largest absolute Gasteiger partial charge is 0.378 e. The third-order valence-electron chi connectivity index (χ3n) is 6.80. The fraction of sp³-hybridized carbons (Fsp3) is 0.346. The number of alkyl halides is 1. The maximum atomic E-state index is 15.0. The van der Waals surface area contributed by atoms with Gasteiger partial charge in [-0.25, -0.2) is 13.8 Å². The molecular formula is C26H29F2N6O2P. The molecule has 11 heteroatoms. The van der Waals surface area contributed by atoms with E-state index in [0.29, 0.717) is 13.2 Å². The van der Waals surface area contributed by atoms with Crippen molar-refractivity contribution in [3.05, 3.63) is 66.1 Å². The summed E-state index contributed by atoms with van der Waals surface area (Å²) in [5.41, 5.74) is 3.46. The average molecular weight is 527 g/mol. The molecule has 8 nitrogen and oxygen atoms in total. The summed E-state index contributed by atoms with van der Waals surface area (Å²) >= 11 is 0. The number of halogens is 2. The fourth-order valence-corrected chi connectivity index (χ4v) is 4.51. The number of hydrogen-bond donors (Lipinski definition) is 1. The van der Waals surface area contributed by atoms with E-state index in [0.717, 1.165) is 41.1 Å². The van der Waals surface area contributed by atoms with Crippen LogP contribution in [0.15, 0.2) is 49.2 Å². The van der Waals surface area contributed by atoms with Crippen LogP contribution in [0.1, 0.15) is 29.8 Å². The lowest BCUT2D eigenvalue weighted by molar-refractivity contribution is 0.102. The van der Waals surface area contributed by atoms with E-state index >= 15 is 0 Å². The molecule has 3 aromatic heterocycles. The minimum Gasteiger partial charge on any atom is -0.378 e. The fourth-order valence-electron chi connectivity index (χ4n) is 4.35. The van der Waals surface area contributed by atoms with Gasteiger partial charge in [-0.1, -0.05) is 9.24 Å². The molecule has 0 saturated carbocycles. The van der Waals surface area contributed by atoms with Gasteiger partial charge in [-0.2, -0.15) is 5.10 Å². The van der Waals surface area contributed by atoms with Crippen LogP contribution in [0.4, 0.5) is 20.2 Å². The maximum absolute atomic E-state index is 15.0. The molecule has 1 aliphatic heterocycles. The smallest absolute Gasteiger partial charge is 0.258 e. The molecule has 1 fully saturated rings. The first kappa shape index (κ1) is 25.3. The van der Waals surface area contributed by atoms with Gasteiger partial charge < -0.3 is 19.4 Å². The van der Waals surface area contributed by atoms with Gasteiger partial charge >= 0.3 is 0 Å². The van der Waals surface area contributed by atoms with E-state index in [4.69, 9.17) is 4.74 Å². The van der Waals surface area contributed by atoms with Crippen molar-refractivity contribution in [2.24, 2.45) is 0 Å². The lowest BCUT2D eigenvalue weighted by Gasteiger charge is -2.29. The minimum atomic E-state index is -1.27. The average Bonchev–Trinajstić information content (AvgIpc) is 3.56. The molecular weight excluding hydrogens is 497 g/mol. The van der Waals surface area contributed by atoms with Crippen LogP contribution in [0.5, 0.6) is 0 Å². The number of amides is 1. The first-order valence-corrected chi connectivity index (χ1v) is 12.7. The number of imidazole rings is 1. The van der Waals surface area contributed by atoms with Crippen molar-refractivity contribution in [1.29, 1.82) is 0 Å². The van der Waals surface area contributed by atoms with Gasteiger partial charge in [-0.05, 0) is 50.1 Å². The Hall–Kier alpha value is -3.36. The molecule has 2 atom stereocenters. The van der Waals surface area contributed by atoms with Crippen LogP contribution in [0.25, 0.3) is 16.8 Å². The molecule has 4 aromatic rings. The number of carbonyl (C=O) groups is 1. The van der Waals surface area contributed by atoms with E-state index in [9.17, 15) is 13.6 Å². The number of nitrogens with zero attached hydrogens (tertiary/aromatic N) is 5. The van der Waals surface area contributed by atoms with Gasteiger partial charge in [0.1, 0.15) is 11.7 Å². The molecule has 2 unspecified atom stereocenters. The van der Waals surface area contributed by atoms with Gasteiger partial charge in [-0.15, -0.1) is 0 Å². The summed E-state index contributed by atoms with van der Waals surface area (Å²) in [6.07, 6.45) is 8.37. The van der Waals surface area contributed by atoms with Crippen molar-refractivity contribution in [2.45, 2.75) is 32.2 Å². The van der Waals surface area contributed by atoms with Crippen LogP contribution >= 0.6 is 9.24 Å². The monoisotopic (exact) mass is 526 g/mol.